The summed E-state index contributed by atoms with van der Waals surface area (Å²) in [4.78, 5) is 11.2. The van der Waals surface area contributed by atoms with Crippen LogP contribution in [0.2, 0.25) is 0 Å². The molecule has 1 aromatic carbocycles. The Balaban J connectivity index is 2.70. The maximum Gasteiger partial charge on any atom is 0.265 e. The number of hydrogen-bond donors (Lipinski definition) is 1. The summed E-state index contributed by atoms with van der Waals surface area (Å²) in [5.74, 6) is 0.782. The van der Waals surface area contributed by atoms with Crippen molar-refractivity contribution in [3.63, 3.8) is 0 Å². The van der Waals surface area contributed by atoms with E-state index in [-0.39, 0.29) is 11.1 Å². The van der Waals surface area contributed by atoms with Crippen molar-refractivity contribution in [3.05, 3.63) is 45.2 Å². The quantitative estimate of drug-likeness (QED) is 0.889. The van der Waals surface area contributed by atoms with Gasteiger partial charge >= 0.3 is 0 Å². The molecule has 1 heterocycles. The van der Waals surface area contributed by atoms with Gasteiger partial charge in [0.1, 0.15) is 17.5 Å². The normalized spacial score (nSPS) is 10.0. The first-order valence-corrected chi connectivity index (χ1v) is 5.72. The van der Waals surface area contributed by atoms with E-state index < -0.39 is 0 Å². The molecule has 2 aromatic rings. The van der Waals surface area contributed by atoms with E-state index in [0.29, 0.717) is 5.69 Å². The Bertz CT molecular complexity index is 726. The Labute approximate surface area is 110 Å². The van der Waals surface area contributed by atoms with Gasteiger partial charge in [0.15, 0.2) is 0 Å². The minimum atomic E-state index is -0.386. The van der Waals surface area contributed by atoms with Gasteiger partial charge in [0, 0.05) is 11.6 Å². The van der Waals surface area contributed by atoms with Crippen molar-refractivity contribution in [2.75, 3.05) is 7.11 Å². The van der Waals surface area contributed by atoms with Crippen LogP contribution >= 0.6 is 0 Å². The van der Waals surface area contributed by atoms with E-state index in [1.54, 1.807) is 7.11 Å². The number of methoxy groups -OCH3 is 1. The van der Waals surface area contributed by atoms with Crippen LogP contribution < -0.4 is 10.3 Å². The van der Waals surface area contributed by atoms with Crippen molar-refractivity contribution in [3.8, 4) is 23.1 Å². The van der Waals surface area contributed by atoms with E-state index in [9.17, 15) is 4.79 Å². The summed E-state index contributed by atoms with van der Waals surface area (Å²) in [7, 11) is 1.61. The van der Waals surface area contributed by atoms with Crippen molar-refractivity contribution in [2.45, 2.75) is 13.8 Å². The highest BCUT2D eigenvalue weighted by atomic mass is 16.5. The van der Waals surface area contributed by atoms with Gasteiger partial charge < -0.3 is 4.74 Å². The first-order chi connectivity index (χ1) is 9.06. The zero-order valence-electron chi connectivity index (χ0n) is 10.9. The summed E-state index contributed by atoms with van der Waals surface area (Å²) in [5, 5.41) is 15.4. The Morgan fingerprint density at radius 1 is 1.26 bits per heavy atom. The minimum Gasteiger partial charge on any atom is -0.496 e. The lowest BCUT2D eigenvalue weighted by atomic mass is 9.99. The van der Waals surface area contributed by atoms with E-state index in [4.69, 9.17) is 10.00 Å². The standard InChI is InChI=1S/C14H13N3O2/c1-8-5-12(19-3)9(2)4-11(8)14-10(7-15)6-13(18)16-17-14/h4-6H,1-3H3,(H,16,18). The van der Waals surface area contributed by atoms with Crippen LogP contribution in [0.4, 0.5) is 0 Å². The van der Waals surface area contributed by atoms with E-state index in [2.05, 4.69) is 10.2 Å². The van der Waals surface area contributed by atoms with Crippen LogP contribution in [0.15, 0.2) is 23.0 Å². The van der Waals surface area contributed by atoms with Crippen molar-refractivity contribution < 1.29 is 4.74 Å². The van der Waals surface area contributed by atoms with Crippen LogP contribution in [0.3, 0.4) is 0 Å². The number of aromatic amines is 1. The lowest BCUT2D eigenvalue weighted by molar-refractivity contribution is 0.411. The average Bonchev–Trinajstić information content (AvgIpc) is 2.41. The van der Waals surface area contributed by atoms with E-state index in [1.807, 2.05) is 32.0 Å². The van der Waals surface area contributed by atoms with Gasteiger partial charge in [-0.05, 0) is 37.1 Å². The van der Waals surface area contributed by atoms with Crippen molar-refractivity contribution in [2.24, 2.45) is 0 Å². The number of H-pyrrole nitrogens is 1. The Morgan fingerprint density at radius 3 is 2.63 bits per heavy atom. The summed E-state index contributed by atoms with van der Waals surface area (Å²) in [5.41, 5.74) is 3.04. The third-order valence-electron chi connectivity index (χ3n) is 2.93. The fourth-order valence-electron chi connectivity index (χ4n) is 1.96. The van der Waals surface area contributed by atoms with E-state index in [1.165, 1.54) is 6.07 Å². The molecule has 0 radical (unpaired) electrons. The third kappa shape index (κ3) is 2.33. The van der Waals surface area contributed by atoms with Gasteiger partial charge in [-0.25, -0.2) is 5.10 Å². The van der Waals surface area contributed by atoms with Gasteiger partial charge in [0.25, 0.3) is 5.56 Å². The maximum atomic E-state index is 11.2. The van der Waals surface area contributed by atoms with Crippen LogP contribution in [0, 0.1) is 25.2 Å². The first-order valence-electron chi connectivity index (χ1n) is 5.72. The van der Waals surface area contributed by atoms with E-state index in [0.717, 1.165) is 22.4 Å². The Kier molecular flexibility index (Phi) is 3.34. The van der Waals surface area contributed by atoms with Crippen LogP contribution in [0.5, 0.6) is 5.75 Å². The third-order valence-corrected chi connectivity index (χ3v) is 2.93. The van der Waals surface area contributed by atoms with Gasteiger partial charge in [0.05, 0.1) is 12.7 Å². The second kappa shape index (κ2) is 4.94. The minimum absolute atomic E-state index is 0.261. The molecule has 0 saturated heterocycles. The molecule has 0 atom stereocenters. The monoisotopic (exact) mass is 255 g/mol. The molecule has 0 bridgehead atoms. The molecule has 19 heavy (non-hydrogen) atoms. The molecule has 0 unspecified atom stereocenters. The highest BCUT2D eigenvalue weighted by Crippen LogP contribution is 2.29. The molecule has 0 amide bonds. The Morgan fingerprint density at radius 2 is 2.00 bits per heavy atom. The highest BCUT2D eigenvalue weighted by molar-refractivity contribution is 5.71. The zero-order chi connectivity index (χ0) is 14.0. The fraction of sp³-hybridized carbons (Fsp3) is 0.214. The second-order valence-corrected chi connectivity index (χ2v) is 4.24. The van der Waals surface area contributed by atoms with Gasteiger partial charge in [-0.1, -0.05) is 0 Å². The highest BCUT2D eigenvalue weighted by Gasteiger charge is 2.12. The number of rotatable bonds is 2. The lowest BCUT2D eigenvalue weighted by Gasteiger charge is -2.11. The summed E-state index contributed by atoms with van der Waals surface area (Å²) in [6.45, 7) is 3.82. The number of nitrogens with zero attached hydrogens (tertiary/aromatic N) is 2. The molecule has 1 aromatic heterocycles. The largest absolute Gasteiger partial charge is 0.496 e. The van der Waals surface area contributed by atoms with Gasteiger partial charge in [-0.3, -0.25) is 4.79 Å². The molecular weight excluding hydrogens is 242 g/mol. The molecule has 0 saturated carbocycles. The molecule has 0 aliphatic carbocycles. The predicted molar refractivity (Wildman–Crippen MR) is 71.0 cm³/mol. The number of benzene rings is 1. The maximum absolute atomic E-state index is 11.2. The van der Waals surface area contributed by atoms with Crippen LogP contribution in [-0.4, -0.2) is 17.3 Å². The van der Waals surface area contributed by atoms with Gasteiger partial charge in [-0.2, -0.15) is 10.4 Å². The summed E-state index contributed by atoms with van der Waals surface area (Å²) >= 11 is 0. The number of aryl methyl sites for hydroxylation is 2. The van der Waals surface area contributed by atoms with Gasteiger partial charge in [0.2, 0.25) is 0 Å². The Hall–Kier alpha value is -2.61. The lowest BCUT2D eigenvalue weighted by Crippen LogP contribution is -2.09. The van der Waals surface area contributed by atoms with Crippen LogP contribution in [0.1, 0.15) is 16.7 Å². The topological polar surface area (TPSA) is 78.8 Å². The molecule has 96 valence electrons. The molecule has 2 rings (SSSR count). The SMILES string of the molecule is COc1cc(C)c(-c2n[nH]c(=O)cc2C#N)cc1C. The number of hydrogen-bond acceptors (Lipinski definition) is 4. The average molecular weight is 255 g/mol. The molecule has 0 fully saturated rings. The van der Waals surface area contributed by atoms with Crippen LogP contribution in [0.25, 0.3) is 11.3 Å². The molecule has 0 aliphatic rings. The van der Waals surface area contributed by atoms with Crippen LogP contribution in [-0.2, 0) is 0 Å². The zero-order valence-corrected chi connectivity index (χ0v) is 10.9. The van der Waals surface area contributed by atoms with E-state index >= 15 is 0 Å². The number of nitriles is 1. The van der Waals surface area contributed by atoms with Crippen molar-refractivity contribution in [1.29, 1.82) is 5.26 Å². The number of nitrogens with one attached hydrogen (secondary N) is 1. The smallest absolute Gasteiger partial charge is 0.265 e. The summed E-state index contributed by atoms with van der Waals surface area (Å²) in [6.07, 6.45) is 0. The second-order valence-electron chi connectivity index (χ2n) is 4.24. The van der Waals surface area contributed by atoms with Gasteiger partial charge in [-0.15, -0.1) is 0 Å². The number of ether oxygens (including phenoxy) is 1. The molecular formula is C14H13N3O2. The predicted octanol–water partition coefficient (Wildman–Crippen LogP) is 1.93. The summed E-state index contributed by atoms with van der Waals surface area (Å²) < 4.78 is 5.25. The first kappa shape index (κ1) is 12.8. The molecule has 5 heteroatoms. The fourth-order valence-corrected chi connectivity index (χ4v) is 1.96. The van der Waals surface area contributed by atoms with Crippen molar-refractivity contribution in [1.82, 2.24) is 10.2 Å². The number of aromatic nitrogens is 2. The van der Waals surface area contributed by atoms with Crippen molar-refractivity contribution >= 4 is 0 Å². The molecule has 1 N–H and O–H groups in total. The molecule has 0 aliphatic heterocycles. The molecule has 0 spiro atoms. The molecule has 5 nitrogen and oxygen atoms in total. The summed E-state index contributed by atoms with van der Waals surface area (Å²) in [6, 6.07) is 7.03.